The van der Waals surface area contributed by atoms with Gasteiger partial charge in [0.25, 0.3) is 0 Å². The van der Waals surface area contributed by atoms with Gasteiger partial charge in [-0.2, -0.15) is 12.6 Å². The third-order valence-corrected chi connectivity index (χ3v) is 4.07. The van der Waals surface area contributed by atoms with Gasteiger partial charge in [0.1, 0.15) is 0 Å². The summed E-state index contributed by atoms with van der Waals surface area (Å²) in [5, 5.41) is 12.1. The van der Waals surface area contributed by atoms with Crippen LogP contribution in [-0.4, -0.2) is 28.9 Å². The van der Waals surface area contributed by atoms with Crippen LogP contribution < -0.4 is 5.32 Å². The lowest BCUT2D eigenvalue weighted by atomic mass is 10.1. The molecule has 104 valence electrons. The SMILES string of the molecule is O=C(NCC1CCC(O)C1)C(S)Cc1ccccc1. The molecule has 1 aliphatic rings. The summed E-state index contributed by atoms with van der Waals surface area (Å²) in [4.78, 5) is 11.9. The second-order valence-corrected chi connectivity index (χ2v) is 5.91. The summed E-state index contributed by atoms with van der Waals surface area (Å²) in [5.41, 5.74) is 1.12. The van der Waals surface area contributed by atoms with E-state index in [0.29, 0.717) is 18.9 Å². The molecule has 3 atom stereocenters. The molecular weight excluding hydrogens is 258 g/mol. The second kappa shape index (κ2) is 6.96. The minimum absolute atomic E-state index is 0.0198. The molecule has 1 amide bonds. The third-order valence-electron chi connectivity index (χ3n) is 3.65. The Kier molecular flexibility index (Phi) is 5.28. The fourth-order valence-corrected chi connectivity index (χ4v) is 2.83. The molecule has 1 fully saturated rings. The van der Waals surface area contributed by atoms with E-state index in [9.17, 15) is 9.90 Å². The maximum atomic E-state index is 11.9. The van der Waals surface area contributed by atoms with Gasteiger partial charge in [-0.3, -0.25) is 4.79 Å². The molecule has 0 heterocycles. The molecule has 0 aliphatic heterocycles. The van der Waals surface area contributed by atoms with E-state index in [1.54, 1.807) is 0 Å². The Morgan fingerprint density at radius 1 is 1.37 bits per heavy atom. The largest absolute Gasteiger partial charge is 0.393 e. The molecule has 0 spiro atoms. The first-order valence-electron chi connectivity index (χ1n) is 6.83. The van der Waals surface area contributed by atoms with Crippen molar-refractivity contribution in [2.75, 3.05) is 6.54 Å². The lowest BCUT2D eigenvalue weighted by Gasteiger charge is -2.14. The van der Waals surface area contributed by atoms with E-state index in [-0.39, 0.29) is 17.3 Å². The summed E-state index contributed by atoms with van der Waals surface area (Å²) in [5.74, 6) is 0.393. The Hall–Kier alpha value is -1.00. The fraction of sp³-hybridized carbons (Fsp3) is 0.533. The van der Waals surface area contributed by atoms with Gasteiger partial charge in [-0.15, -0.1) is 0 Å². The smallest absolute Gasteiger partial charge is 0.233 e. The predicted octanol–water partition coefficient (Wildman–Crippen LogP) is 1.80. The van der Waals surface area contributed by atoms with Crippen LogP contribution in [0.2, 0.25) is 0 Å². The highest BCUT2D eigenvalue weighted by molar-refractivity contribution is 7.81. The van der Waals surface area contributed by atoms with Gasteiger partial charge in [-0.05, 0) is 37.2 Å². The van der Waals surface area contributed by atoms with Crippen molar-refractivity contribution in [2.45, 2.75) is 37.0 Å². The van der Waals surface area contributed by atoms with E-state index in [2.05, 4.69) is 17.9 Å². The molecule has 1 aromatic carbocycles. The van der Waals surface area contributed by atoms with Crippen molar-refractivity contribution in [1.82, 2.24) is 5.32 Å². The van der Waals surface area contributed by atoms with E-state index in [0.717, 1.165) is 24.8 Å². The number of carbonyl (C=O) groups is 1. The first kappa shape index (κ1) is 14.4. The molecule has 1 saturated carbocycles. The van der Waals surface area contributed by atoms with Crippen molar-refractivity contribution >= 4 is 18.5 Å². The molecule has 2 N–H and O–H groups in total. The number of hydrogen-bond acceptors (Lipinski definition) is 3. The Morgan fingerprint density at radius 2 is 2.11 bits per heavy atom. The van der Waals surface area contributed by atoms with Crippen molar-refractivity contribution < 1.29 is 9.90 Å². The van der Waals surface area contributed by atoms with Crippen molar-refractivity contribution in [2.24, 2.45) is 5.92 Å². The zero-order valence-corrected chi connectivity index (χ0v) is 11.9. The highest BCUT2D eigenvalue weighted by atomic mass is 32.1. The van der Waals surface area contributed by atoms with E-state index in [1.807, 2.05) is 30.3 Å². The Balaban J connectivity index is 1.73. The minimum Gasteiger partial charge on any atom is -0.393 e. The van der Waals surface area contributed by atoms with Crippen molar-refractivity contribution in [3.05, 3.63) is 35.9 Å². The van der Waals surface area contributed by atoms with E-state index < -0.39 is 0 Å². The quantitative estimate of drug-likeness (QED) is 0.720. The van der Waals surface area contributed by atoms with Gasteiger partial charge in [0.05, 0.1) is 11.4 Å². The van der Waals surface area contributed by atoms with Crippen LogP contribution >= 0.6 is 12.6 Å². The number of aliphatic hydroxyl groups is 1. The van der Waals surface area contributed by atoms with Crippen molar-refractivity contribution in [3.8, 4) is 0 Å². The summed E-state index contributed by atoms with van der Waals surface area (Å²) in [6, 6.07) is 9.90. The number of amides is 1. The van der Waals surface area contributed by atoms with E-state index >= 15 is 0 Å². The number of rotatable bonds is 5. The van der Waals surface area contributed by atoms with Crippen molar-refractivity contribution in [1.29, 1.82) is 0 Å². The zero-order valence-electron chi connectivity index (χ0n) is 11.0. The first-order chi connectivity index (χ1) is 9.15. The van der Waals surface area contributed by atoms with Gasteiger partial charge in [0.15, 0.2) is 0 Å². The Labute approximate surface area is 119 Å². The highest BCUT2D eigenvalue weighted by Gasteiger charge is 2.24. The molecule has 0 aromatic heterocycles. The average molecular weight is 279 g/mol. The van der Waals surface area contributed by atoms with Gasteiger partial charge in [0.2, 0.25) is 5.91 Å². The summed E-state index contributed by atoms with van der Waals surface area (Å²) in [7, 11) is 0. The van der Waals surface area contributed by atoms with Gasteiger partial charge < -0.3 is 10.4 Å². The minimum atomic E-state index is -0.311. The highest BCUT2D eigenvalue weighted by Crippen LogP contribution is 2.24. The maximum Gasteiger partial charge on any atom is 0.233 e. The molecule has 0 radical (unpaired) electrons. The number of thiol groups is 1. The summed E-state index contributed by atoms with van der Waals surface area (Å²) < 4.78 is 0. The molecule has 2 rings (SSSR count). The molecule has 0 bridgehead atoms. The van der Waals surface area contributed by atoms with Gasteiger partial charge in [-0.1, -0.05) is 30.3 Å². The number of benzene rings is 1. The first-order valence-corrected chi connectivity index (χ1v) is 7.34. The third kappa shape index (κ3) is 4.55. The molecule has 3 unspecified atom stereocenters. The monoisotopic (exact) mass is 279 g/mol. The normalized spacial score (nSPS) is 24.1. The summed E-state index contributed by atoms with van der Waals surface area (Å²) in [6.45, 7) is 0.655. The van der Waals surface area contributed by atoms with Crippen LogP contribution in [-0.2, 0) is 11.2 Å². The predicted molar refractivity (Wildman–Crippen MR) is 79.3 cm³/mol. The van der Waals surface area contributed by atoms with E-state index in [1.165, 1.54) is 0 Å². The van der Waals surface area contributed by atoms with Gasteiger partial charge in [0, 0.05) is 6.54 Å². The summed E-state index contributed by atoms with van der Waals surface area (Å²) in [6.07, 6.45) is 3.11. The van der Waals surface area contributed by atoms with Crippen LogP contribution in [0.5, 0.6) is 0 Å². The Morgan fingerprint density at radius 3 is 2.74 bits per heavy atom. The van der Waals surface area contributed by atoms with Gasteiger partial charge >= 0.3 is 0 Å². The number of nitrogens with one attached hydrogen (secondary N) is 1. The molecule has 4 heteroatoms. The molecular formula is C15H21NO2S. The van der Waals surface area contributed by atoms with Crippen LogP contribution in [0.15, 0.2) is 30.3 Å². The topological polar surface area (TPSA) is 49.3 Å². The summed E-state index contributed by atoms with van der Waals surface area (Å²) >= 11 is 4.37. The maximum absolute atomic E-state index is 11.9. The van der Waals surface area contributed by atoms with Gasteiger partial charge in [-0.25, -0.2) is 0 Å². The Bertz CT molecular complexity index is 410. The molecule has 1 aliphatic carbocycles. The number of carbonyl (C=O) groups excluding carboxylic acids is 1. The number of aliphatic hydroxyl groups excluding tert-OH is 1. The van der Waals surface area contributed by atoms with Crippen LogP contribution in [0.25, 0.3) is 0 Å². The fourth-order valence-electron chi connectivity index (χ4n) is 2.53. The second-order valence-electron chi connectivity index (χ2n) is 5.28. The standard InChI is InChI=1S/C15H21NO2S/c17-13-7-6-12(8-13)10-16-15(18)14(19)9-11-4-2-1-3-5-11/h1-5,12-14,17,19H,6-10H2,(H,16,18). The van der Waals surface area contributed by atoms with E-state index in [4.69, 9.17) is 0 Å². The van der Waals surface area contributed by atoms with Crippen LogP contribution in [0.4, 0.5) is 0 Å². The molecule has 0 saturated heterocycles. The lowest BCUT2D eigenvalue weighted by Crippen LogP contribution is -2.35. The average Bonchev–Trinajstić information content (AvgIpc) is 2.83. The van der Waals surface area contributed by atoms with Crippen molar-refractivity contribution in [3.63, 3.8) is 0 Å². The molecule has 1 aromatic rings. The zero-order chi connectivity index (χ0) is 13.7. The van der Waals surface area contributed by atoms with Crippen LogP contribution in [0.3, 0.4) is 0 Å². The lowest BCUT2D eigenvalue weighted by molar-refractivity contribution is -0.120. The molecule has 19 heavy (non-hydrogen) atoms. The number of hydrogen-bond donors (Lipinski definition) is 3. The van der Waals surface area contributed by atoms with Crippen LogP contribution in [0, 0.1) is 5.92 Å². The molecule has 3 nitrogen and oxygen atoms in total. The van der Waals surface area contributed by atoms with Crippen LogP contribution in [0.1, 0.15) is 24.8 Å².